The Morgan fingerprint density at radius 2 is 1.69 bits per heavy atom. The van der Waals surface area contributed by atoms with Gasteiger partial charge in [0, 0.05) is 19.6 Å². The molecule has 0 bridgehead atoms. The normalized spacial score (nSPS) is 13.1. The highest BCUT2D eigenvalue weighted by Gasteiger charge is 2.25. The fourth-order valence-electron chi connectivity index (χ4n) is 2.99. The van der Waals surface area contributed by atoms with Gasteiger partial charge in [-0.3, -0.25) is 9.69 Å². The maximum absolute atomic E-state index is 12.6. The van der Waals surface area contributed by atoms with Crippen molar-refractivity contribution in [2.45, 2.75) is 40.3 Å². The predicted molar refractivity (Wildman–Crippen MR) is 109 cm³/mol. The molecule has 0 fully saturated rings. The smallest absolute Gasteiger partial charge is 0.236 e. The first-order valence-corrected chi connectivity index (χ1v) is 9.12. The summed E-state index contributed by atoms with van der Waals surface area (Å²) >= 11 is 0. The summed E-state index contributed by atoms with van der Waals surface area (Å²) in [7, 11) is 5.56. The van der Waals surface area contributed by atoms with Crippen molar-refractivity contribution < 1.29 is 9.53 Å². The molecule has 26 heavy (non-hydrogen) atoms. The quantitative estimate of drug-likeness (QED) is 0.779. The van der Waals surface area contributed by atoms with E-state index in [1.165, 1.54) is 0 Å². The molecule has 2 rings (SSSR count). The summed E-state index contributed by atoms with van der Waals surface area (Å²) in [5, 5.41) is 2.29. The number of hydrogen-bond donors (Lipinski definition) is 0. The van der Waals surface area contributed by atoms with Crippen molar-refractivity contribution in [3.8, 4) is 5.75 Å². The fourth-order valence-corrected chi connectivity index (χ4v) is 2.99. The van der Waals surface area contributed by atoms with Crippen LogP contribution in [0.4, 0.5) is 0 Å². The lowest BCUT2D eigenvalue weighted by Crippen LogP contribution is -2.45. The molecule has 0 saturated carbocycles. The molecule has 2 aromatic rings. The average Bonchev–Trinajstić information content (AvgIpc) is 2.59. The topological polar surface area (TPSA) is 32.8 Å². The van der Waals surface area contributed by atoms with Crippen LogP contribution in [0, 0.1) is 5.41 Å². The monoisotopic (exact) mass is 356 g/mol. The lowest BCUT2D eigenvalue weighted by atomic mass is 9.87. The van der Waals surface area contributed by atoms with Crippen LogP contribution in [0.15, 0.2) is 36.4 Å². The number of benzene rings is 2. The minimum atomic E-state index is 0.137. The maximum atomic E-state index is 12.6. The maximum Gasteiger partial charge on any atom is 0.236 e. The first-order valence-electron chi connectivity index (χ1n) is 9.12. The Balaban J connectivity index is 2.03. The van der Waals surface area contributed by atoms with E-state index in [2.05, 4.69) is 56.9 Å². The SMILES string of the molecule is COc1ccc2cc(CN(C)C(=O)CN(C)C(C)C(C)(C)C)ccc2c1. The zero-order chi connectivity index (χ0) is 19.5. The molecule has 2 aromatic carbocycles. The van der Waals surface area contributed by atoms with E-state index >= 15 is 0 Å². The zero-order valence-corrected chi connectivity index (χ0v) is 17.2. The number of hydrogen-bond acceptors (Lipinski definition) is 3. The fraction of sp³-hybridized carbons (Fsp3) is 0.500. The van der Waals surface area contributed by atoms with Crippen molar-refractivity contribution in [1.29, 1.82) is 0 Å². The molecule has 0 N–H and O–H groups in total. The van der Waals surface area contributed by atoms with Crippen LogP contribution >= 0.6 is 0 Å². The van der Waals surface area contributed by atoms with Gasteiger partial charge in [0.2, 0.25) is 5.91 Å². The lowest BCUT2D eigenvalue weighted by Gasteiger charge is -2.35. The van der Waals surface area contributed by atoms with E-state index in [4.69, 9.17) is 4.74 Å². The largest absolute Gasteiger partial charge is 0.497 e. The van der Waals surface area contributed by atoms with Crippen molar-refractivity contribution in [2.75, 3.05) is 27.7 Å². The van der Waals surface area contributed by atoms with Crippen molar-refractivity contribution in [3.63, 3.8) is 0 Å². The summed E-state index contributed by atoms with van der Waals surface area (Å²) in [5.74, 6) is 0.993. The van der Waals surface area contributed by atoms with E-state index in [-0.39, 0.29) is 11.3 Å². The van der Waals surface area contributed by atoms with Gasteiger partial charge in [-0.25, -0.2) is 0 Å². The van der Waals surface area contributed by atoms with Gasteiger partial charge in [-0.15, -0.1) is 0 Å². The van der Waals surface area contributed by atoms with Crippen molar-refractivity contribution in [1.82, 2.24) is 9.80 Å². The average molecular weight is 357 g/mol. The summed E-state index contributed by atoms with van der Waals surface area (Å²) in [6, 6.07) is 12.7. The number of amides is 1. The third kappa shape index (κ3) is 4.98. The molecular formula is C22H32N2O2. The second-order valence-corrected chi connectivity index (χ2v) is 8.25. The number of carbonyl (C=O) groups is 1. The van der Waals surface area contributed by atoms with E-state index in [1.807, 2.05) is 26.2 Å². The first kappa shape index (κ1) is 20.2. The van der Waals surface area contributed by atoms with Crippen LogP contribution in [-0.4, -0.2) is 49.5 Å². The minimum absolute atomic E-state index is 0.137. The van der Waals surface area contributed by atoms with Crippen LogP contribution in [-0.2, 0) is 11.3 Å². The number of carbonyl (C=O) groups excluding carboxylic acids is 1. The number of rotatable bonds is 6. The van der Waals surface area contributed by atoms with Crippen LogP contribution in [0.3, 0.4) is 0 Å². The molecule has 4 heteroatoms. The van der Waals surface area contributed by atoms with Gasteiger partial charge in [-0.05, 0) is 53.9 Å². The van der Waals surface area contributed by atoms with Gasteiger partial charge in [0.05, 0.1) is 13.7 Å². The van der Waals surface area contributed by atoms with E-state index in [9.17, 15) is 4.79 Å². The Labute approximate surface area is 157 Å². The third-order valence-electron chi connectivity index (χ3n) is 5.26. The second kappa shape index (κ2) is 8.09. The van der Waals surface area contributed by atoms with Crippen LogP contribution in [0.1, 0.15) is 33.3 Å². The van der Waals surface area contributed by atoms with Gasteiger partial charge in [-0.1, -0.05) is 39.0 Å². The number of fused-ring (bicyclic) bond motifs is 1. The molecule has 1 unspecified atom stereocenters. The molecule has 0 aliphatic carbocycles. The summed E-state index contributed by atoms with van der Waals surface area (Å²) in [6.07, 6.45) is 0. The standard InChI is InChI=1S/C22H32N2O2/c1-16(22(2,3)4)23(5)15-21(25)24(6)14-17-8-9-19-13-20(26-7)11-10-18(19)12-17/h8-13,16H,14-15H2,1-7H3. The molecule has 0 aliphatic rings. The van der Waals surface area contributed by atoms with Crippen LogP contribution in [0.5, 0.6) is 5.75 Å². The van der Waals surface area contributed by atoms with Gasteiger partial charge in [0.15, 0.2) is 0 Å². The van der Waals surface area contributed by atoms with Crippen LogP contribution < -0.4 is 4.74 Å². The highest BCUT2D eigenvalue weighted by Crippen LogP contribution is 2.24. The summed E-state index contributed by atoms with van der Waals surface area (Å²) < 4.78 is 5.27. The Morgan fingerprint density at radius 1 is 1.08 bits per heavy atom. The van der Waals surface area contributed by atoms with Crippen LogP contribution in [0.2, 0.25) is 0 Å². The molecule has 1 atom stereocenters. The molecule has 4 nitrogen and oxygen atoms in total. The Bertz CT molecular complexity index is 764. The van der Waals surface area contributed by atoms with Crippen molar-refractivity contribution in [3.05, 3.63) is 42.0 Å². The van der Waals surface area contributed by atoms with E-state index in [1.54, 1.807) is 12.0 Å². The number of methoxy groups -OCH3 is 1. The zero-order valence-electron chi connectivity index (χ0n) is 17.2. The highest BCUT2D eigenvalue weighted by atomic mass is 16.5. The lowest BCUT2D eigenvalue weighted by molar-refractivity contribution is -0.132. The van der Waals surface area contributed by atoms with Gasteiger partial charge >= 0.3 is 0 Å². The molecular weight excluding hydrogens is 324 g/mol. The van der Waals surface area contributed by atoms with Crippen molar-refractivity contribution in [2.24, 2.45) is 5.41 Å². The molecule has 0 saturated heterocycles. The Kier molecular flexibility index (Phi) is 6.30. The summed E-state index contributed by atoms with van der Waals surface area (Å²) in [6.45, 7) is 9.81. The van der Waals surface area contributed by atoms with E-state index in [0.717, 1.165) is 22.1 Å². The molecule has 0 radical (unpaired) electrons. The van der Waals surface area contributed by atoms with Gasteiger partial charge in [0.1, 0.15) is 5.75 Å². The molecule has 1 amide bonds. The van der Waals surface area contributed by atoms with Gasteiger partial charge in [-0.2, -0.15) is 0 Å². The van der Waals surface area contributed by atoms with Gasteiger partial charge in [0.25, 0.3) is 0 Å². The summed E-state index contributed by atoms with van der Waals surface area (Å²) in [5.41, 5.74) is 1.28. The van der Waals surface area contributed by atoms with Gasteiger partial charge < -0.3 is 9.64 Å². The molecule has 0 spiro atoms. The third-order valence-corrected chi connectivity index (χ3v) is 5.26. The Morgan fingerprint density at radius 3 is 2.31 bits per heavy atom. The minimum Gasteiger partial charge on any atom is -0.497 e. The highest BCUT2D eigenvalue weighted by molar-refractivity contribution is 5.84. The number of nitrogens with zero attached hydrogens (tertiary/aromatic N) is 2. The van der Waals surface area contributed by atoms with E-state index < -0.39 is 0 Å². The van der Waals surface area contributed by atoms with Crippen LogP contribution in [0.25, 0.3) is 10.8 Å². The molecule has 0 aliphatic heterocycles. The second-order valence-electron chi connectivity index (χ2n) is 8.25. The Hall–Kier alpha value is -2.07. The van der Waals surface area contributed by atoms with E-state index in [0.29, 0.717) is 19.1 Å². The first-order chi connectivity index (χ1) is 12.1. The summed E-state index contributed by atoms with van der Waals surface area (Å²) in [4.78, 5) is 16.5. The molecule has 0 heterocycles. The molecule has 0 aromatic heterocycles. The van der Waals surface area contributed by atoms with Crippen molar-refractivity contribution >= 4 is 16.7 Å². The predicted octanol–water partition coefficient (Wildman–Crippen LogP) is 4.17. The number of ether oxygens (including phenoxy) is 1. The number of likely N-dealkylation sites (N-methyl/N-ethyl adjacent to an activating group) is 2. The molecule has 142 valence electrons.